The topological polar surface area (TPSA) is 42.0 Å². The van der Waals surface area contributed by atoms with E-state index in [1.165, 1.54) is 5.56 Å². The fraction of sp³-hybridized carbons (Fsp3) is 0.435. The molecule has 0 saturated carbocycles. The van der Waals surface area contributed by atoms with Crippen LogP contribution in [0.4, 0.5) is 0 Å². The van der Waals surface area contributed by atoms with Crippen molar-refractivity contribution in [2.75, 3.05) is 32.8 Å². The Morgan fingerprint density at radius 1 is 1.00 bits per heavy atom. The highest BCUT2D eigenvalue weighted by molar-refractivity contribution is 5.95. The molecule has 2 aromatic rings. The van der Waals surface area contributed by atoms with Crippen molar-refractivity contribution in [2.45, 2.75) is 33.4 Å². The molecule has 1 fully saturated rings. The van der Waals surface area contributed by atoms with Crippen molar-refractivity contribution in [1.29, 1.82) is 0 Å². The van der Waals surface area contributed by atoms with Crippen molar-refractivity contribution < 1.29 is 14.3 Å². The molecule has 150 valence electrons. The van der Waals surface area contributed by atoms with Crippen LogP contribution in [0.1, 0.15) is 36.7 Å². The summed E-state index contributed by atoms with van der Waals surface area (Å²) in [5.41, 5.74) is 1.96. The Labute approximate surface area is 167 Å². The predicted octanol–water partition coefficient (Wildman–Crippen LogP) is 3.83. The first kappa shape index (κ1) is 20.2. The highest BCUT2D eigenvalue weighted by atomic mass is 16.5. The molecule has 0 aliphatic carbocycles. The van der Waals surface area contributed by atoms with Crippen LogP contribution in [0.15, 0.2) is 48.5 Å². The Kier molecular flexibility index (Phi) is 6.93. The minimum Gasteiger partial charge on any atom is -0.490 e. The normalized spacial score (nSPS) is 17.4. The van der Waals surface area contributed by atoms with E-state index in [0.29, 0.717) is 30.3 Å². The van der Waals surface area contributed by atoms with Crippen molar-refractivity contribution >= 4 is 5.91 Å². The van der Waals surface area contributed by atoms with Crippen LogP contribution in [0.25, 0.3) is 0 Å². The van der Waals surface area contributed by atoms with Gasteiger partial charge in [-0.05, 0) is 44.5 Å². The van der Waals surface area contributed by atoms with Gasteiger partial charge in [-0.1, -0.05) is 30.3 Å². The molecule has 1 aliphatic heterocycles. The van der Waals surface area contributed by atoms with Gasteiger partial charge in [0.25, 0.3) is 5.91 Å². The van der Waals surface area contributed by atoms with E-state index >= 15 is 0 Å². The van der Waals surface area contributed by atoms with Gasteiger partial charge in [-0.25, -0.2) is 0 Å². The fourth-order valence-electron chi connectivity index (χ4n) is 3.67. The number of nitrogens with zero attached hydrogens (tertiary/aromatic N) is 2. The van der Waals surface area contributed by atoms with Crippen LogP contribution in [-0.4, -0.2) is 54.6 Å². The first-order valence-corrected chi connectivity index (χ1v) is 10.1. The second kappa shape index (κ2) is 9.60. The molecule has 0 bridgehead atoms. The number of piperazine rings is 1. The number of ether oxygens (including phenoxy) is 2. The first-order valence-electron chi connectivity index (χ1n) is 10.1. The van der Waals surface area contributed by atoms with Crippen LogP contribution in [0, 0.1) is 0 Å². The summed E-state index contributed by atoms with van der Waals surface area (Å²) < 4.78 is 11.3. The Hall–Kier alpha value is -2.53. The zero-order valence-electron chi connectivity index (χ0n) is 17.1. The van der Waals surface area contributed by atoms with E-state index in [9.17, 15) is 4.79 Å². The fourth-order valence-corrected chi connectivity index (χ4v) is 3.67. The highest BCUT2D eigenvalue weighted by Crippen LogP contribution is 2.29. The lowest BCUT2D eigenvalue weighted by Gasteiger charge is -2.40. The lowest BCUT2D eigenvalue weighted by Crippen LogP contribution is -2.53. The molecule has 5 nitrogen and oxygen atoms in total. The number of hydrogen-bond acceptors (Lipinski definition) is 4. The van der Waals surface area contributed by atoms with Crippen LogP contribution in [0.3, 0.4) is 0 Å². The molecule has 1 amide bonds. The summed E-state index contributed by atoms with van der Waals surface area (Å²) in [6.45, 7) is 10.5. The Bertz CT molecular complexity index is 779. The van der Waals surface area contributed by atoms with Crippen LogP contribution < -0.4 is 9.47 Å². The van der Waals surface area contributed by atoms with Gasteiger partial charge in [-0.3, -0.25) is 9.69 Å². The smallest absolute Gasteiger partial charge is 0.254 e. The minimum atomic E-state index is 0.0517. The molecule has 0 unspecified atom stereocenters. The molecule has 1 aliphatic rings. The van der Waals surface area contributed by atoms with Crippen molar-refractivity contribution in [3.8, 4) is 11.5 Å². The summed E-state index contributed by atoms with van der Waals surface area (Å²) in [7, 11) is 0. The molecule has 28 heavy (non-hydrogen) atoms. The molecule has 0 N–H and O–H groups in total. The number of carbonyl (C=O) groups excluding carboxylic acids is 1. The molecule has 0 aromatic heterocycles. The standard InChI is InChI=1S/C23H30N2O3/c1-4-27-21-12-11-20(15-22(21)28-5-2)23(26)25-14-13-24(16-18(25)3)17-19-9-7-6-8-10-19/h6-12,15,18H,4-5,13-14,16-17H2,1-3H3/t18-/m1/s1. The van der Waals surface area contributed by atoms with Crippen LogP contribution >= 0.6 is 0 Å². The zero-order valence-corrected chi connectivity index (χ0v) is 17.1. The molecule has 1 heterocycles. The maximum Gasteiger partial charge on any atom is 0.254 e. The van der Waals surface area contributed by atoms with E-state index < -0.39 is 0 Å². The average molecular weight is 383 g/mol. The summed E-state index contributed by atoms with van der Waals surface area (Å²) in [6, 6.07) is 16.1. The third-order valence-corrected chi connectivity index (χ3v) is 5.01. The number of rotatable bonds is 7. The van der Waals surface area contributed by atoms with Gasteiger partial charge < -0.3 is 14.4 Å². The highest BCUT2D eigenvalue weighted by Gasteiger charge is 2.28. The maximum atomic E-state index is 13.1. The quantitative estimate of drug-likeness (QED) is 0.730. The number of amides is 1. The van der Waals surface area contributed by atoms with Gasteiger partial charge in [0, 0.05) is 37.8 Å². The summed E-state index contributed by atoms with van der Waals surface area (Å²) in [6.07, 6.45) is 0. The summed E-state index contributed by atoms with van der Waals surface area (Å²) in [4.78, 5) is 17.5. The van der Waals surface area contributed by atoms with Crippen LogP contribution in [0.2, 0.25) is 0 Å². The van der Waals surface area contributed by atoms with E-state index in [1.54, 1.807) is 6.07 Å². The van der Waals surface area contributed by atoms with E-state index in [1.807, 2.05) is 36.9 Å². The first-order chi connectivity index (χ1) is 13.6. The van der Waals surface area contributed by atoms with Gasteiger partial charge in [0.15, 0.2) is 11.5 Å². The number of carbonyl (C=O) groups is 1. The molecular formula is C23H30N2O3. The van der Waals surface area contributed by atoms with Crippen LogP contribution in [-0.2, 0) is 6.54 Å². The predicted molar refractivity (Wildman–Crippen MR) is 111 cm³/mol. The van der Waals surface area contributed by atoms with Gasteiger partial charge in [0.1, 0.15) is 0 Å². The van der Waals surface area contributed by atoms with Gasteiger partial charge in [-0.2, -0.15) is 0 Å². The van der Waals surface area contributed by atoms with Crippen molar-refractivity contribution in [3.05, 3.63) is 59.7 Å². The lowest BCUT2D eigenvalue weighted by atomic mass is 10.1. The van der Waals surface area contributed by atoms with E-state index in [2.05, 4.69) is 36.1 Å². The summed E-state index contributed by atoms with van der Waals surface area (Å²) in [5, 5.41) is 0. The molecule has 5 heteroatoms. The Morgan fingerprint density at radius 2 is 1.71 bits per heavy atom. The molecule has 1 atom stereocenters. The van der Waals surface area contributed by atoms with Crippen molar-refractivity contribution in [2.24, 2.45) is 0 Å². The van der Waals surface area contributed by atoms with Gasteiger partial charge in [0.2, 0.25) is 0 Å². The van der Waals surface area contributed by atoms with Crippen molar-refractivity contribution in [3.63, 3.8) is 0 Å². The second-order valence-electron chi connectivity index (χ2n) is 7.10. The number of benzene rings is 2. The number of hydrogen-bond donors (Lipinski definition) is 0. The van der Waals surface area contributed by atoms with Crippen LogP contribution in [0.5, 0.6) is 11.5 Å². The molecule has 0 radical (unpaired) electrons. The Morgan fingerprint density at radius 3 is 2.39 bits per heavy atom. The van der Waals surface area contributed by atoms with Gasteiger partial charge >= 0.3 is 0 Å². The van der Waals surface area contributed by atoms with Crippen molar-refractivity contribution in [1.82, 2.24) is 9.80 Å². The second-order valence-corrected chi connectivity index (χ2v) is 7.10. The summed E-state index contributed by atoms with van der Waals surface area (Å²) >= 11 is 0. The van der Waals surface area contributed by atoms with E-state index in [4.69, 9.17) is 9.47 Å². The SMILES string of the molecule is CCOc1ccc(C(=O)N2CCN(Cc3ccccc3)C[C@H]2C)cc1OCC. The van der Waals surface area contributed by atoms with Gasteiger partial charge in [-0.15, -0.1) is 0 Å². The molecule has 0 spiro atoms. The minimum absolute atomic E-state index is 0.0517. The molecule has 2 aromatic carbocycles. The van der Waals surface area contributed by atoms with Gasteiger partial charge in [0.05, 0.1) is 13.2 Å². The molecule has 3 rings (SSSR count). The lowest BCUT2D eigenvalue weighted by molar-refractivity contribution is 0.0475. The zero-order chi connectivity index (χ0) is 19.9. The average Bonchev–Trinajstić information content (AvgIpc) is 2.70. The van der Waals surface area contributed by atoms with E-state index in [-0.39, 0.29) is 11.9 Å². The maximum absolute atomic E-state index is 13.1. The molecule has 1 saturated heterocycles. The third-order valence-electron chi connectivity index (χ3n) is 5.01. The monoisotopic (exact) mass is 382 g/mol. The largest absolute Gasteiger partial charge is 0.490 e. The molecular weight excluding hydrogens is 352 g/mol. The summed E-state index contributed by atoms with van der Waals surface area (Å²) in [5.74, 6) is 1.36. The third kappa shape index (κ3) is 4.84. The Balaban J connectivity index is 1.67. The van der Waals surface area contributed by atoms with E-state index in [0.717, 1.165) is 26.2 Å².